The van der Waals surface area contributed by atoms with E-state index in [2.05, 4.69) is 5.32 Å². The third-order valence-electron chi connectivity index (χ3n) is 7.28. The number of benzene rings is 2. The third-order valence-corrected chi connectivity index (χ3v) is 7.28. The largest absolute Gasteiger partial charge is 0.465 e. The number of carbonyl (C=O) groups is 2. The van der Waals surface area contributed by atoms with Crippen molar-refractivity contribution in [3.63, 3.8) is 0 Å². The number of imidazole rings is 1. The lowest BCUT2D eigenvalue weighted by atomic mass is 9.80. The number of fused-ring (bicyclic) bond motifs is 1. The number of nitrogens with two attached hydrogens (primary N) is 1. The molecule has 10 nitrogen and oxygen atoms in total. The number of anilines is 1. The van der Waals surface area contributed by atoms with E-state index in [1.807, 2.05) is 53.8 Å². The van der Waals surface area contributed by atoms with E-state index in [9.17, 15) is 14.7 Å². The maximum Gasteiger partial charge on any atom is 0.407 e. The van der Waals surface area contributed by atoms with Crippen LogP contribution in [0.2, 0.25) is 0 Å². The molecule has 2 aromatic carbocycles. The van der Waals surface area contributed by atoms with Crippen LogP contribution in [0.3, 0.4) is 0 Å². The van der Waals surface area contributed by atoms with E-state index in [4.69, 9.17) is 16.1 Å². The lowest BCUT2D eigenvalue weighted by molar-refractivity contribution is -0.136. The predicted octanol–water partition coefficient (Wildman–Crippen LogP) is 4.19. The molecule has 1 saturated heterocycles. The number of hydrogen-bond donors (Lipinski definition) is 4. The van der Waals surface area contributed by atoms with Crippen LogP contribution in [0.25, 0.3) is 11.0 Å². The molecule has 0 radical (unpaired) electrons. The zero-order valence-corrected chi connectivity index (χ0v) is 24.1. The number of carbonyl (C=O) groups excluding carboxylic acids is 1. The third kappa shape index (κ3) is 6.57. The summed E-state index contributed by atoms with van der Waals surface area (Å²) in [5, 5.41) is 20.6. The Hall–Kier alpha value is -3.50. The number of likely N-dealkylation sites (N-methyl/N-ethyl adjacent to an activating group) is 1. The van der Waals surface area contributed by atoms with Gasteiger partial charge in [0.25, 0.3) is 0 Å². The molecule has 0 aliphatic carbocycles. The molecule has 3 aromatic rings. The molecule has 12 heteroatoms. The molecule has 1 aliphatic heterocycles. The van der Waals surface area contributed by atoms with E-state index >= 15 is 0 Å². The highest BCUT2D eigenvalue weighted by Gasteiger charge is 2.41. The minimum absolute atomic E-state index is 0. The Morgan fingerprint density at radius 1 is 1.15 bits per heavy atom. The summed E-state index contributed by atoms with van der Waals surface area (Å²) in [6.07, 6.45) is 0.892. The molecule has 2 heterocycles. The molecule has 2 amide bonds. The number of halogens is 2. The summed E-state index contributed by atoms with van der Waals surface area (Å²) in [6, 6.07) is 13.1. The second kappa shape index (κ2) is 13.0. The molecule has 0 spiro atoms. The minimum Gasteiger partial charge on any atom is -0.465 e. The summed E-state index contributed by atoms with van der Waals surface area (Å²) in [5.41, 5.74) is 8.49. The number of likely N-dealkylation sites (tertiary alicyclic amines) is 1. The fourth-order valence-electron chi connectivity index (χ4n) is 4.95. The van der Waals surface area contributed by atoms with Gasteiger partial charge in [-0.1, -0.05) is 6.07 Å². The average molecular weight is 579 g/mol. The molecule has 0 saturated carbocycles. The van der Waals surface area contributed by atoms with Crippen molar-refractivity contribution in [2.24, 2.45) is 12.8 Å². The number of nitrogen functional groups attached to an aromatic ring is 1. The van der Waals surface area contributed by atoms with Crippen LogP contribution in [-0.4, -0.2) is 68.5 Å². The maximum absolute atomic E-state index is 13.7. The summed E-state index contributed by atoms with van der Waals surface area (Å²) in [4.78, 5) is 33.5. The Labute approximate surface area is 240 Å². The first kappa shape index (κ1) is 31.7. The van der Waals surface area contributed by atoms with E-state index in [-0.39, 0.29) is 43.1 Å². The molecule has 1 atom stereocenters. The zero-order chi connectivity index (χ0) is 26.7. The van der Waals surface area contributed by atoms with E-state index in [1.54, 1.807) is 19.1 Å². The Bertz CT molecular complexity index is 1320. The molecule has 5 N–H and O–H groups in total. The summed E-state index contributed by atoms with van der Waals surface area (Å²) >= 11 is 0. The molecule has 1 aliphatic rings. The summed E-state index contributed by atoms with van der Waals surface area (Å²) in [5.74, 6) is 0.797. The first-order valence-electron chi connectivity index (χ1n) is 12.6. The lowest BCUT2D eigenvalue weighted by Gasteiger charge is -2.36. The van der Waals surface area contributed by atoms with E-state index < -0.39 is 11.5 Å². The zero-order valence-electron chi connectivity index (χ0n) is 22.4. The van der Waals surface area contributed by atoms with Crippen LogP contribution < -0.4 is 11.1 Å². The van der Waals surface area contributed by atoms with Gasteiger partial charge in [0.1, 0.15) is 11.7 Å². The number of nitrogens with zero attached hydrogens (tertiary/aromatic N) is 4. The Kier molecular flexibility index (Phi) is 10.6. The van der Waals surface area contributed by atoms with Gasteiger partial charge in [0, 0.05) is 44.5 Å². The molecule has 39 heavy (non-hydrogen) atoms. The standard InChI is InChI=1S/C27H35N7O3.2ClH/c1-4-33(26(36)37)17-27(2,25(35)34-13-5-6-14-34)19-9-12-22-21(15-19)31-23(32(22)3)16-30-20-10-7-18(8-11-20)24(28)29;;/h7-12,15,30H,4-6,13-14,16-17H2,1-3H3,(H3,28,29)(H,36,37);2*1H. The average Bonchev–Trinajstić information content (AvgIpc) is 3.53. The molecule has 212 valence electrons. The van der Waals surface area contributed by atoms with Crippen LogP contribution in [-0.2, 0) is 23.8 Å². The predicted molar refractivity (Wildman–Crippen MR) is 158 cm³/mol. The van der Waals surface area contributed by atoms with Crippen molar-refractivity contribution < 1.29 is 14.7 Å². The van der Waals surface area contributed by atoms with Crippen molar-refractivity contribution >= 4 is 59.4 Å². The van der Waals surface area contributed by atoms with Crippen LogP contribution in [0.15, 0.2) is 42.5 Å². The van der Waals surface area contributed by atoms with Crippen molar-refractivity contribution in [1.82, 2.24) is 19.4 Å². The summed E-state index contributed by atoms with van der Waals surface area (Å²) in [7, 11) is 1.95. The quantitative estimate of drug-likeness (QED) is 0.222. The Balaban J connectivity index is 0.00000267. The van der Waals surface area contributed by atoms with Crippen LogP contribution in [0, 0.1) is 5.41 Å². The number of aromatic nitrogens is 2. The molecular formula is C27H37Cl2N7O3. The number of nitrogens with one attached hydrogen (secondary N) is 2. The van der Waals surface area contributed by atoms with Gasteiger partial charge in [0.05, 0.1) is 23.0 Å². The number of hydrogen-bond acceptors (Lipinski definition) is 5. The van der Waals surface area contributed by atoms with Crippen molar-refractivity contribution in [3.05, 3.63) is 59.4 Å². The molecule has 1 unspecified atom stereocenters. The van der Waals surface area contributed by atoms with Gasteiger partial charge in [-0.3, -0.25) is 10.2 Å². The first-order chi connectivity index (χ1) is 17.6. The number of aryl methyl sites for hydroxylation is 1. The van der Waals surface area contributed by atoms with E-state index in [0.717, 1.165) is 41.0 Å². The van der Waals surface area contributed by atoms with Crippen molar-refractivity contribution in [2.75, 3.05) is 31.5 Å². The Morgan fingerprint density at radius 2 is 1.79 bits per heavy atom. The molecule has 0 bridgehead atoms. The summed E-state index contributed by atoms with van der Waals surface area (Å²) in [6.45, 7) is 5.88. The highest BCUT2D eigenvalue weighted by Crippen LogP contribution is 2.32. The van der Waals surface area contributed by atoms with E-state index in [1.165, 1.54) is 4.90 Å². The van der Waals surface area contributed by atoms with Gasteiger partial charge in [-0.05, 0) is 68.7 Å². The Morgan fingerprint density at radius 3 is 2.36 bits per heavy atom. The topological polar surface area (TPSA) is 141 Å². The second-order valence-electron chi connectivity index (χ2n) is 9.76. The van der Waals surface area contributed by atoms with Crippen LogP contribution in [0.4, 0.5) is 10.5 Å². The molecule has 4 rings (SSSR count). The monoisotopic (exact) mass is 577 g/mol. The van der Waals surface area contributed by atoms with E-state index in [0.29, 0.717) is 31.7 Å². The molecule has 1 aromatic heterocycles. The van der Waals surface area contributed by atoms with Crippen molar-refractivity contribution in [1.29, 1.82) is 5.41 Å². The number of amidine groups is 1. The van der Waals surface area contributed by atoms with Crippen molar-refractivity contribution in [3.8, 4) is 0 Å². The normalized spacial score (nSPS) is 14.2. The second-order valence-corrected chi connectivity index (χ2v) is 9.76. The number of carboxylic acid groups (broad SMARTS) is 1. The SMILES string of the molecule is CCN(CC(C)(C(=O)N1CCCC1)c1ccc2c(c1)nc(CNc1ccc(C(=N)N)cc1)n2C)C(=O)O.Cl.Cl. The first-order valence-corrected chi connectivity index (χ1v) is 12.6. The van der Waals surface area contributed by atoms with Crippen LogP contribution >= 0.6 is 24.8 Å². The lowest BCUT2D eigenvalue weighted by Crippen LogP contribution is -2.51. The minimum atomic E-state index is -1.04. The van der Waals surface area contributed by atoms with Gasteiger partial charge >= 0.3 is 6.09 Å². The number of rotatable bonds is 9. The van der Waals surface area contributed by atoms with Gasteiger partial charge in [0.2, 0.25) is 5.91 Å². The summed E-state index contributed by atoms with van der Waals surface area (Å²) < 4.78 is 2.01. The fraction of sp³-hybridized carbons (Fsp3) is 0.407. The molecule has 1 fully saturated rings. The van der Waals surface area contributed by atoms with Gasteiger partial charge in [-0.2, -0.15) is 0 Å². The van der Waals surface area contributed by atoms with Crippen molar-refractivity contribution in [2.45, 2.75) is 38.6 Å². The van der Waals surface area contributed by atoms with Gasteiger partial charge in [-0.25, -0.2) is 9.78 Å². The smallest absolute Gasteiger partial charge is 0.407 e. The van der Waals surface area contributed by atoms with Gasteiger partial charge in [0.15, 0.2) is 0 Å². The number of amides is 2. The van der Waals surface area contributed by atoms with Gasteiger partial charge in [-0.15, -0.1) is 24.8 Å². The van der Waals surface area contributed by atoms with Crippen LogP contribution in [0.5, 0.6) is 0 Å². The fourth-order valence-corrected chi connectivity index (χ4v) is 4.95. The molecular weight excluding hydrogens is 541 g/mol. The maximum atomic E-state index is 13.7. The van der Waals surface area contributed by atoms with Crippen LogP contribution in [0.1, 0.15) is 43.6 Å². The van der Waals surface area contributed by atoms with Gasteiger partial charge < -0.3 is 30.5 Å². The highest BCUT2D eigenvalue weighted by molar-refractivity contribution is 5.95. The highest BCUT2D eigenvalue weighted by atomic mass is 35.5.